The van der Waals surface area contributed by atoms with Gasteiger partial charge in [0.2, 0.25) is 5.13 Å². The van der Waals surface area contributed by atoms with Crippen LogP contribution >= 0.6 is 34.9 Å². The number of hydrogen-bond acceptors (Lipinski definition) is 6. The van der Waals surface area contributed by atoms with Crippen molar-refractivity contribution in [2.75, 3.05) is 5.32 Å². The summed E-state index contributed by atoms with van der Waals surface area (Å²) in [4.78, 5) is 13.8. The van der Waals surface area contributed by atoms with E-state index in [4.69, 9.17) is 0 Å². The van der Waals surface area contributed by atoms with E-state index in [1.807, 2.05) is 42.5 Å². The Morgan fingerprint density at radius 1 is 0.839 bits per heavy atom. The van der Waals surface area contributed by atoms with Crippen LogP contribution in [0.25, 0.3) is 0 Å². The number of aryl methyl sites for hydroxylation is 1. The van der Waals surface area contributed by atoms with Crippen LogP contribution in [0.1, 0.15) is 27.0 Å². The first-order chi connectivity index (χ1) is 15.2. The predicted molar refractivity (Wildman–Crippen MR) is 131 cm³/mol. The fourth-order valence-electron chi connectivity index (χ4n) is 2.76. The van der Waals surface area contributed by atoms with Crippen molar-refractivity contribution in [1.82, 2.24) is 10.2 Å². The van der Waals surface area contributed by atoms with Gasteiger partial charge in [-0.25, -0.2) is 0 Å². The third kappa shape index (κ3) is 6.43. The molecule has 4 nitrogen and oxygen atoms in total. The van der Waals surface area contributed by atoms with E-state index >= 15 is 0 Å². The number of rotatable bonds is 8. The van der Waals surface area contributed by atoms with Crippen molar-refractivity contribution in [2.45, 2.75) is 27.7 Å². The van der Waals surface area contributed by atoms with E-state index in [9.17, 15) is 4.79 Å². The van der Waals surface area contributed by atoms with Gasteiger partial charge in [-0.05, 0) is 42.3 Å². The second kappa shape index (κ2) is 10.6. The summed E-state index contributed by atoms with van der Waals surface area (Å²) in [7, 11) is 0. The molecule has 4 aromatic rings. The first-order valence-electron chi connectivity index (χ1n) is 9.76. The molecule has 0 atom stereocenters. The molecule has 0 aliphatic heterocycles. The highest BCUT2D eigenvalue weighted by Gasteiger charge is 2.11. The molecule has 0 saturated carbocycles. The molecule has 1 N–H and O–H groups in total. The zero-order valence-corrected chi connectivity index (χ0v) is 19.4. The molecule has 1 amide bonds. The molecule has 0 spiro atoms. The molecule has 1 aromatic heterocycles. The number of thioether (sulfide) groups is 2. The van der Waals surface area contributed by atoms with Gasteiger partial charge in [-0.3, -0.25) is 10.1 Å². The Bertz CT molecular complexity index is 1130. The fourth-order valence-corrected chi connectivity index (χ4v) is 5.32. The molecule has 0 aliphatic carbocycles. The van der Waals surface area contributed by atoms with Crippen LogP contribution in [0.2, 0.25) is 0 Å². The maximum absolute atomic E-state index is 12.5. The van der Waals surface area contributed by atoms with Gasteiger partial charge in [-0.2, -0.15) is 0 Å². The molecule has 156 valence electrons. The van der Waals surface area contributed by atoms with Crippen molar-refractivity contribution >= 4 is 45.9 Å². The van der Waals surface area contributed by atoms with E-state index in [1.165, 1.54) is 32.9 Å². The third-order valence-electron chi connectivity index (χ3n) is 4.47. The quantitative estimate of drug-likeness (QED) is 0.233. The summed E-state index contributed by atoms with van der Waals surface area (Å²) in [6.45, 7) is 2.09. The number of anilines is 1. The number of carbonyl (C=O) groups excluding carboxylic acids is 1. The number of amides is 1. The second-order valence-corrected chi connectivity index (χ2v) is 10.1. The monoisotopic (exact) mass is 463 g/mol. The summed E-state index contributed by atoms with van der Waals surface area (Å²) >= 11 is 4.79. The number of hydrogen-bond donors (Lipinski definition) is 1. The zero-order valence-electron chi connectivity index (χ0n) is 16.9. The van der Waals surface area contributed by atoms with Crippen LogP contribution in [0.15, 0.2) is 88.1 Å². The predicted octanol–water partition coefficient (Wildman–Crippen LogP) is 6.68. The molecule has 0 aliphatic rings. The molecule has 0 radical (unpaired) electrons. The van der Waals surface area contributed by atoms with Gasteiger partial charge in [0.1, 0.15) is 0 Å². The SMILES string of the molecule is Cc1ccc(SCc2ccc(C(=O)Nc3nnc(SCc4ccccc4)s3)cc2)cc1. The zero-order chi connectivity index (χ0) is 21.5. The van der Waals surface area contributed by atoms with Crippen LogP contribution < -0.4 is 5.32 Å². The molecule has 4 rings (SSSR count). The lowest BCUT2D eigenvalue weighted by atomic mass is 10.1. The van der Waals surface area contributed by atoms with E-state index in [0.29, 0.717) is 10.7 Å². The smallest absolute Gasteiger partial charge is 0.257 e. The minimum Gasteiger partial charge on any atom is -0.296 e. The Labute approximate surface area is 194 Å². The molecule has 0 fully saturated rings. The molecule has 1 heterocycles. The van der Waals surface area contributed by atoms with Gasteiger partial charge in [0, 0.05) is 22.0 Å². The van der Waals surface area contributed by atoms with Crippen molar-refractivity contribution < 1.29 is 4.79 Å². The highest BCUT2D eigenvalue weighted by Crippen LogP contribution is 2.28. The van der Waals surface area contributed by atoms with Crippen LogP contribution in [0.4, 0.5) is 5.13 Å². The Hall–Kier alpha value is -2.61. The summed E-state index contributed by atoms with van der Waals surface area (Å²) < 4.78 is 0.836. The summed E-state index contributed by atoms with van der Waals surface area (Å²) in [6.07, 6.45) is 0. The van der Waals surface area contributed by atoms with Crippen molar-refractivity contribution in [3.63, 3.8) is 0 Å². The van der Waals surface area contributed by atoms with E-state index in [1.54, 1.807) is 23.5 Å². The third-order valence-corrected chi connectivity index (χ3v) is 7.60. The maximum atomic E-state index is 12.5. The maximum Gasteiger partial charge on any atom is 0.257 e. The van der Waals surface area contributed by atoms with Gasteiger partial charge in [0.25, 0.3) is 5.91 Å². The average Bonchev–Trinajstić information content (AvgIpc) is 3.25. The first kappa shape index (κ1) is 21.6. The van der Waals surface area contributed by atoms with Crippen molar-refractivity contribution in [3.05, 3.63) is 101 Å². The van der Waals surface area contributed by atoms with E-state index in [-0.39, 0.29) is 5.91 Å². The van der Waals surface area contributed by atoms with Crippen LogP contribution in [0.5, 0.6) is 0 Å². The van der Waals surface area contributed by atoms with Crippen LogP contribution in [-0.2, 0) is 11.5 Å². The summed E-state index contributed by atoms with van der Waals surface area (Å²) in [5.41, 5.74) is 4.28. The summed E-state index contributed by atoms with van der Waals surface area (Å²) in [6, 6.07) is 26.4. The number of carbonyl (C=O) groups is 1. The molecule has 0 bridgehead atoms. The molecule has 0 unspecified atom stereocenters. The standard InChI is InChI=1S/C24H21N3OS3/c1-17-7-13-21(14-8-17)29-15-19-9-11-20(12-10-19)22(28)25-23-26-27-24(31-23)30-16-18-5-3-2-4-6-18/h2-14H,15-16H2,1H3,(H,25,26,28). The van der Waals surface area contributed by atoms with Crippen LogP contribution in [0, 0.1) is 6.92 Å². The van der Waals surface area contributed by atoms with Crippen molar-refractivity contribution in [1.29, 1.82) is 0 Å². The van der Waals surface area contributed by atoms with E-state index in [2.05, 4.69) is 58.8 Å². The van der Waals surface area contributed by atoms with Gasteiger partial charge < -0.3 is 0 Å². The number of aromatic nitrogens is 2. The number of nitrogens with one attached hydrogen (secondary N) is 1. The topological polar surface area (TPSA) is 54.9 Å². The lowest BCUT2D eigenvalue weighted by molar-refractivity contribution is 0.102. The summed E-state index contributed by atoms with van der Waals surface area (Å²) in [5, 5.41) is 11.6. The van der Waals surface area contributed by atoms with Gasteiger partial charge in [-0.1, -0.05) is 83.3 Å². The fraction of sp³-hybridized carbons (Fsp3) is 0.125. The molecule has 3 aromatic carbocycles. The van der Waals surface area contributed by atoms with E-state index in [0.717, 1.165) is 15.8 Å². The highest BCUT2D eigenvalue weighted by molar-refractivity contribution is 8.00. The van der Waals surface area contributed by atoms with Crippen LogP contribution in [0.3, 0.4) is 0 Å². The Kier molecular flexibility index (Phi) is 7.40. The van der Waals surface area contributed by atoms with Crippen molar-refractivity contribution in [3.8, 4) is 0 Å². The normalized spacial score (nSPS) is 10.7. The Morgan fingerprint density at radius 3 is 2.26 bits per heavy atom. The highest BCUT2D eigenvalue weighted by atomic mass is 32.2. The Balaban J connectivity index is 1.28. The largest absolute Gasteiger partial charge is 0.296 e. The van der Waals surface area contributed by atoms with Gasteiger partial charge >= 0.3 is 0 Å². The van der Waals surface area contributed by atoms with E-state index < -0.39 is 0 Å². The number of nitrogens with zero attached hydrogens (tertiary/aromatic N) is 2. The second-order valence-electron chi connectivity index (χ2n) is 6.90. The van der Waals surface area contributed by atoms with Crippen molar-refractivity contribution in [2.24, 2.45) is 0 Å². The summed E-state index contributed by atoms with van der Waals surface area (Å²) in [5.74, 6) is 1.52. The van der Waals surface area contributed by atoms with Crippen LogP contribution in [-0.4, -0.2) is 16.1 Å². The molecular weight excluding hydrogens is 442 g/mol. The lowest BCUT2D eigenvalue weighted by Crippen LogP contribution is -2.11. The number of benzene rings is 3. The minimum absolute atomic E-state index is 0.173. The Morgan fingerprint density at radius 2 is 1.52 bits per heavy atom. The van der Waals surface area contributed by atoms with Gasteiger partial charge in [0.05, 0.1) is 0 Å². The molecule has 7 heteroatoms. The molecule has 31 heavy (non-hydrogen) atoms. The average molecular weight is 464 g/mol. The van der Waals surface area contributed by atoms with Gasteiger partial charge in [0.15, 0.2) is 4.34 Å². The minimum atomic E-state index is -0.173. The molecule has 0 saturated heterocycles. The molecular formula is C24H21N3OS3. The lowest BCUT2D eigenvalue weighted by Gasteiger charge is -2.05. The first-order valence-corrected chi connectivity index (χ1v) is 12.5. The van der Waals surface area contributed by atoms with Gasteiger partial charge in [-0.15, -0.1) is 22.0 Å².